The van der Waals surface area contributed by atoms with Gasteiger partial charge in [0.25, 0.3) is 5.91 Å². The van der Waals surface area contributed by atoms with Crippen molar-refractivity contribution in [1.82, 2.24) is 9.88 Å². The lowest BCUT2D eigenvalue weighted by Gasteiger charge is -2.30. The van der Waals surface area contributed by atoms with Gasteiger partial charge in [0.15, 0.2) is 6.10 Å². The number of esters is 1. The molecule has 5 rings (SSSR count). The number of amides is 1. The zero-order valence-corrected chi connectivity index (χ0v) is 23.0. The van der Waals surface area contributed by atoms with Crippen LogP contribution >= 0.6 is 0 Å². The molecule has 2 heterocycles. The Balaban J connectivity index is 1.41. The third-order valence-corrected chi connectivity index (χ3v) is 7.16. The number of para-hydroxylation sites is 1. The molecule has 8 nitrogen and oxygen atoms in total. The van der Waals surface area contributed by atoms with Crippen LogP contribution in [0.3, 0.4) is 0 Å². The largest absolute Gasteiger partial charge is 0.497 e. The highest BCUT2D eigenvalue weighted by atomic mass is 16.5. The van der Waals surface area contributed by atoms with Crippen molar-refractivity contribution in [2.24, 2.45) is 0 Å². The molecule has 40 heavy (non-hydrogen) atoms. The smallest absolute Gasteiger partial charge is 0.340 e. The minimum absolute atomic E-state index is 0.307. The first-order valence-corrected chi connectivity index (χ1v) is 13.4. The van der Waals surface area contributed by atoms with Gasteiger partial charge in [0, 0.05) is 48.8 Å². The Hall–Kier alpha value is -4.43. The lowest BCUT2D eigenvalue weighted by molar-refractivity contribution is -0.124. The van der Waals surface area contributed by atoms with E-state index in [-0.39, 0.29) is 0 Å². The maximum Gasteiger partial charge on any atom is 0.340 e. The number of aromatic nitrogens is 1. The van der Waals surface area contributed by atoms with E-state index in [0.717, 1.165) is 41.7 Å². The third kappa shape index (κ3) is 5.77. The second-order valence-electron chi connectivity index (χ2n) is 9.73. The van der Waals surface area contributed by atoms with Crippen molar-refractivity contribution >= 4 is 28.5 Å². The number of fused-ring (bicyclic) bond motifs is 2. The van der Waals surface area contributed by atoms with Gasteiger partial charge in [0.1, 0.15) is 11.5 Å². The molecule has 0 fully saturated rings. The minimum Gasteiger partial charge on any atom is -0.497 e. The van der Waals surface area contributed by atoms with Crippen LogP contribution in [0.1, 0.15) is 40.5 Å². The first-order chi connectivity index (χ1) is 19.5. The van der Waals surface area contributed by atoms with Crippen molar-refractivity contribution in [3.63, 3.8) is 0 Å². The Bertz CT molecular complexity index is 1520. The van der Waals surface area contributed by atoms with E-state index >= 15 is 0 Å². The second kappa shape index (κ2) is 12.2. The number of hydrogen-bond donors (Lipinski definition) is 1. The van der Waals surface area contributed by atoms with E-state index in [1.807, 2.05) is 49.4 Å². The Labute approximate surface area is 233 Å². The van der Waals surface area contributed by atoms with Gasteiger partial charge in [-0.05, 0) is 30.2 Å². The highest BCUT2D eigenvalue weighted by Crippen LogP contribution is 2.31. The molecule has 0 spiro atoms. The van der Waals surface area contributed by atoms with Gasteiger partial charge in [-0.25, -0.2) is 4.79 Å². The SMILES string of the molecule is CCC(OC(=O)c1c2c(nc3ccccc13)CCN(Cc1ccccc1)C2)C(=O)Nc1ccc(OC)cc1OC. The molecule has 0 saturated heterocycles. The van der Waals surface area contributed by atoms with Crippen LogP contribution in [0.25, 0.3) is 10.9 Å². The number of benzene rings is 3. The molecular formula is C32H33N3O5. The average molecular weight is 540 g/mol. The number of anilines is 1. The first kappa shape index (κ1) is 27.1. The summed E-state index contributed by atoms with van der Waals surface area (Å²) in [6.45, 7) is 3.99. The van der Waals surface area contributed by atoms with Crippen LogP contribution in [0.4, 0.5) is 5.69 Å². The van der Waals surface area contributed by atoms with Gasteiger partial charge in [-0.2, -0.15) is 0 Å². The summed E-state index contributed by atoms with van der Waals surface area (Å²) in [5.41, 5.74) is 4.65. The van der Waals surface area contributed by atoms with Crippen LogP contribution in [0.15, 0.2) is 72.8 Å². The normalized spacial score (nSPS) is 13.8. The topological polar surface area (TPSA) is 90.0 Å². The Kier molecular flexibility index (Phi) is 8.26. The van der Waals surface area contributed by atoms with Crippen molar-refractivity contribution in [2.45, 2.75) is 39.0 Å². The number of hydrogen-bond acceptors (Lipinski definition) is 7. The Morgan fingerprint density at radius 2 is 1.77 bits per heavy atom. The van der Waals surface area contributed by atoms with Crippen molar-refractivity contribution in [1.29, 1.82) is 0 Å². The molecule has 1 unspecified atom stereocenters. The van der Waals surface area contributed by atoms with Crippen LogP contribution in [-0.4, -0.2) is 48.6 Å². The lowest BCUT2D eigenvalue weighted by Crippen LogP contribution is -2.35. The van der Waals surface area contributed by atoms with Gasteiger partial charge >= 0.3 is 5.97 Å². The zero-order chi connectivity index (χ0) is 28.1. The van der Waals surface area contributed by atoms with Crippen molar-refractivity contribution in [3.05, 3.63) is 95.2 Å². The van der Waals surface area contributed by atoms with Crippen LogP contribution in [0.2, 0.25) is 0 Å². The fourth-order valence-electron chi connectivity index (χ4n) is 5.08. The summed E-state index contributed by atoms with van der Waals surface area (Å²) in [5, 5.41) is 3.56. The van der Waals surface area contributed by atoms with Gasteiger partial charge in [-0.3, -0.25) is 14.7 Å². The van der Waals surface area contributed by atoms with E-state index in [9.17, 15) is 9.59 Å². The standard InChI is InChI=1S/C32H33N3O5/c1-4-28(31(36)34-27-15-14-22(38-2)18-29(27)39-3)40-32(37)30-23-12-8-9-13-25(23)33-26-16-17-35(20-24(26)30)19-21-10-6-5-7-11-21/h5-15,18,28H,4,16-17,19-20H2,1-3H3,(H,34,36). The van der Waals surface area contributed by atoms with E-state index in [0.29, 0.717) is 35.7 Å². The molecule has 8 heteroatoms. The molecule has 1 aliphatic rings. The summed E-state index contributed by atoms with van der Waals surface area (Å²) in [5.74, 6) is 0.0860. The molecule has 1 aliphatic heterocycles. The fraction of sp³-hybridized carbons (Fsp3) is 0.281. The van der Waals surface area contributed by atoms with Gasteiger partial charge < -0.3 is 19.5 Å². The maximum atomic E-state index is 13.8. The summed E-state index contributed by atoms with van der Waals surface area (Å²) in [4.78, 5) is 34.3. The molecule has 0 saturated carbocycles. The number of carbonyl (C=O) groups excluding carboxylic acids is 2. The Morgan fingerprint density at radius 1 is 1.00 bits per heavy atom. The summed E-state index contributed by atoms with van der Waals surface area (Å²) < 4.78 is 16.5. The first-order valence-electron chi connectivity index (χ1n) is 13.4. The van der Waals surface area contributed by atoms with Gasteiger partial charge in [0.2, 0.25) is 0 Å². The van der Waals surface area contributed by atoms with Crippen LogP contribution in [0.5, 0.6) is 11.5 Å². The summed E-state index contributed by atoms with van der Waals surface area (Å²) in [6.07, 6.45) is 0.0368. The quantitative estimate of drug-likeness (QED) is 0.286. The number of rotatable bonds is 9. The highest BCUT2D eigenvalue weighted by Gasteiger charge is 2.30. The average Bonchev–Trinajstić information content (AvgIpc) is 2.99. The molecule has 0 bridgehead atoms. The van der Waals surface area contributed by atoms with E-state index in [1.165, 1.54) is 12.7 Å². The number of ether oxygens (including phenoxy) is 3. The molecule has 206 valence electrons. The summed E-state index contributed by atoms with van der Waals surface area (Å²) in [6, 6.07) is 23.0. The molecule has 4 aromatic rings. The molecule has 1 atom stereocenters. The van der Waals surface area contributed by atoms with Crippen LogP contribution in [-0.2, 0) is 29.0 Å². The molecule has 1 aromatic heterocycles. The highest BCUT2D eigenvalue weighted by molar-refractivity contribution is 6.06. The number of nitrogens with zero attached hydrogens (tertiary/aromatic N) is 2. The molecule has 1 amide bonds. The predicted molar refractivity (Wildman–Crippen MR) is 154 cm³/mol. The van der Waals surface area contributed by atoms with Gasteiger partial charge in [-0.15, -0.1) is 0 Å². The maximum absolute atomic E-state index is 13.8. The molecule has 0 aliphatic carbocycles. The van der Waals surface area contributed by atoms with Crippen LogP contribution in [0, 0.1) is 0 Å². The van der Waals surface area contributed by atoms with Gasteiger partial charge in [-0.1, -0.05) is 55.5 Å². The number of carbonyl (C=O) groups is 2. The number of nitrogens with one attached hydrogen (secondary N) is 1. The fourth-order valence-corrected chi connectivity index (χ4v) is 5.08. The molecule has 1 N–H and O–H groups in total. The van der Waals surface area contributed by atoms with E-state index < -0.39 is 18.0 Å². The Morgan fingerprint density at radius 3 is 2.52 bits per heavy atom. The monoisotopic (exact) mass is 539 g/mol. The van der Waals surface area contributed by atoms with Crippen molar-refractivity contribution in [2.75, 3.05) is 26.1 Å². The van der Waals surface area contributed by atoms with Crippen molar-refractivity contribution < 1.29 is 23.8 Å². The summed E-state index contributed by atoms with van der Waals surface area (Å²) in [7, 11) is 3.07. The number of pyridine rings is 1. The predicted octanol–water partition coefficient (Wildman–Crippen LogP) is 5.38. The molecule has 3 aromatic carbocycles. The third-order valence-electron chi connectivity index (χ3n) is 7.16. The number of methoxy groups -OCH3 is 2. The van der Waals surface area contributed by atoms with E-state index in [2.05, 4.69) is 22.3 Å². The van der Waals surface area contributed by atoms with Crippen LogP contribution < -0.4 is 14.8 Å². The molecule has 0 radical (unpaired) electrons. The van der Waals surface area contributed by atoms with E-state index in [1.54, 1.807) is 25.3 Å². The lowest BCUT2D eigenvalue weighted by atomic mass is 9.95. The second-order valence-corrected chi connectivity index (χ2v) is 9.73. The molecular weight excluding hydrogens is 506 g/mol. The zero-order valence-electron chi connectivity index (χ0n) is 23.0. The van der Waals surface area contributed by atoms with Crippen molar-refractivity contribution in [3.8, 4) is 11.5 Å². The minimum atomic E-state index is -0.995. The summed E-state index contributed by atoms with van der Waals surface area (Å²) >= 11 is 0. The van der Waals surface area contributed by atoms with E-state index in [4.69, 9.17) is 19.2 Å². The van der Waals surface area contributed by atoms with Gasteiger partial charge in [0.05, 0.1) is 31.0 Å².